The van der Waals surface area contributed by atoms with Crippen molar-refractivity contribution in [2.45, 2.75) is 120 Å². The fourth-order valence-electron chi connectivity index (χ4n) is 7.00. The van der Waals surface area contributed by atoms with Crippen LogP contribution in [0.1, 0.15) is 133 Å². The molecule has 4 rings (SSSR count). The first-order valence-corrected chi connectivity index (χ1v) is 20.0. The van der Waals surface area contributed by atoms with Crippen LogP contribution in [0.25, 0.3) is 16.7 Å². The van der Waals surface area contributed by atoms with Crippen molar-refractivity contribution in [3.05, 3.63) is 94.5 Å². The minimum Gasteiger partial charge on any atom is -0.463 e. The molecule has 1 aliphatic carbocycles. The largest absolute Gasteiger partial charge is 0.463 e. The molecule has 0 radical (unpaired) electrons. The number of hydrogen-bond acceptors (Lipinski definition) is 10. The van der Waals surface area contributed by atoms with E-state index in [9.17, 15) is 19.2 Å². The molecule has 308 valence electrons. The summed E-state index contributed by atoms with van der Waals surface area (Å²) in [6.45, 7) is 22.3. The number of carbonyl (C=O) groups is 4. The highest BCUT2D eigenvalue weighted by Gasteiger charge is 2.37. The van der Waals surface area contributed by atoms with E-state index in [1.165, 1.54) is 0 Å². The van der Waals surface area contributed by atoms with Gasteiger partial charge in [0, 0.05) is 79.3 Å². The summed E-state index contributed by atoms with van der Waals surface area (Å²) in [7, 11) is 3.76. The van der Waals surface area contributed by atoms with Gasteiger partial charge < -0.3 is 19.3 Å². The molecule has 1 amide bonds. The third-order valence-corrected chi connectivity index (χ3v) is 10.8. The lowest BCUT2D eigenvalue weighted by atomic mass is 9.73. The molecule has 3 aromatic heterocycles. The van der Waals surface area contributed by atoms with Crippen molar-refractivity contribution in [1.29, 1.82) is 0 Å². The summed E-state index contributed by atoms with van der Waals surface area (Å²) in [6.07, 6.45) is 11.8. The second kappa shape index (κ2) is 20.3. The van der Waals surface area contributed by atoms with E-state index in [2.05, 4.69) is 49.6 Å². The van der Waals surface area contributed by atoms with Gasteiger partial charge in [-0.05, 0) is 95.9 Å². The van der Waals surface area contributed by atoms with E-state index in [-0.39, 0.29) is 41.3 Å². The number of Topliss-reactive ketones (excluding diaryl/α,β-unsaturated/α-hetero) is 1. The number of ketones is 1. The van der Waals surface area contributed by atoms with Crippen LogP contribution < -0.4 is 0 Å². The maximum Gasteiger partial charge on any atom is 0.340 e. The van der Waals surface area contributed by atoms with E-state index in [0.29, 0.717) is 60.2 Å². The second-order valence-electron chi connectivity index (χ2n) is 15.7. The van der Waals surface area contributed by atoms with Crippen molar-refractivity contribution in [2.75, 3.05) is 27.3 Å². The first kappa shape index (κ1) is 46.2. The van der Waals surface area contributed by atoms with Crippen LogP contribution in [0, 0.1) is 12.3 Å². The summed E-state index contributed by atoms with van der Waals surface area (Å²) in [5.41, 5.74) is 6.49. The molecule has 0 saturated carbocycles. The minimum absolute atomic E-state index is 0.0168. The summed E-state index contributed by atoms with van der Waals surface area (Å²) in [4.78, 5) is 68.3. The molecule has 57 heavy (non-hydrogen) atoms. The van der Waals surface area contributed by atoms with Crippen LogP contribution in [0.4, 0.5) is 0 Å². The van der Waals surface area contributed by atoms with Crippen LogP contribution in [-0.4, -0.2) is 87.3 Å². The summed E-state index contributed by atoms with van der Waals surface area (Å²) < 4.78 is 10.7. The zero-order chi connectivity index (χ0) is 42.7. The number of nitrogens with zero attached hydrogens (tertiary/aromatic N) is 5. The summed E-state index contributed by atoms with van der Waals surface area (Å²) in [5, 5.41) is 0. The lowest BCUT2D eigenvalue weighted by Gasteiger charge is -2.35. The molecule has 0 N–H and O–H groups in total. The molecule has 0 bridgehead atoms. The lowest BCUT2D eigenvalue weighted by Crippen LogP contribution is -2.44. The van der Waals surface area contributed by atoms with Crippen LogP contribution in [0.5, 0.6) is 0 Å². The molecule has 11 nitrogen and oxygen atoms in total. The maximum atomic E-state index is 13.1. The number of aryl methyl sites for hydroxylation is 1. The fraction of sp³-hybridized carbons (Fsp3) is 0.500. The molecule has 1 aliphatic rings. The Balaban J connectivity index is 0.000000313. The SMILES string of the molecule is CCOC(=O)/C(=C(/CC)c1cccnc1)C(C)N(C)/C(=C/C(=O)N(C)C(C)(C)CC)CC.CCOC(=O)c1c(C)nc2c(c1-c1cccnc1)C(=O)CC(C)(C)C2. The average Bonchev–Trinajstić information content (AvgIpc) is 3.18. The molecule has 0 fully saturated rings. The molecule has 3 aromatic rings. The van der Waals surface area contributed by atoms with Gasteiger partial charge in [0.15, 0.2) is 5.78 Å². The van der Waals surface area contributed by atoms with E-state index in [1.807, 2.05) is 58.0 Å². The summed E-state index contributed by atoms with van der Waals surface area (Å²) in [6, 6.07) is 7.19. The predicted octanol–water partition coefficient (Wildman–Crippen LogP) is 8.85. The number of allylic oxidation sites excluding steroid dienone is 2. The number of carbonyl (C=O) groups excluding carboxylic acids is 4. The van der Waals surface area contributed by atoms with Gasteiger partial charge in [0.25, 0.3) is 0 Å². The third kappa shape index (κ3) is 11.2. The van der Waals surface area contributed by atoms with Crippen LogP contribution in [0.15, 0.2) is 66.4 Å². The summed E-state index contributed by atoms with van der Waals surface area (Å²) >= 11 is 0. The van der Waals surface area contributed by atoms with Gasteiger partial charge in [-0.3, -0.25) is 24.5 Å². The molecule has 0 spiro atoms. The quantitative estimate of drug-likeness (QED) is 0.115. The van der Waals surface area contributed by atoms with Gasteiger partial charge in [-0.1, -0.05) is 46.8 Å². The Hall–Kier alpha value is -5.19. The van der Waals surface area contributed by atoms with Crippen LogP contribution in [0.3, 0.4) is 0 Å². The Bertz CT molecular complexity index is 1950. The number of rotatable bonds is 14. The third-order valence-electron chi connectivity index (χ3n) is 10.8. The molecular weight excluding hydrogens is 719 g/mol. The maximum absolute atomic E-state index is 13.1. The number of hydrogen-bond donors (Lipinski definition) is 0. The first-order valence-electron chi connectivity index (χ1n) is 20.0. The fourth-order valence-corrected chi connectivity index (χ4v) is 7.00. The molecule has 0 aliphatic heterocycles. The van der Waals surface area contributed by atoms with Gasteiger partial charge in [-0.15, -0.1) is 0 Å². The van der Waals surface area contributed by atoms with Crippen molar-refractivity contribution in [3.8, 4) is 11.1 Å². The van der Waals surface area contributed by atoms with Crippen LogP contribution >= 0.6 is 0 Å². The van der Waals surface area contributed by atoms with E-state index in [0.717, 1.165) is 34.5 Å². The number of ether oxygens (including phenoxy) is 2. The summed E-state index contributed by atoms with van der Waals surface area (Å²) in [5.74, 6) is -0.814. The van der Waals surface area contributed by atoms with Crippen LogP contribution in [-0.2, 0) is 25.5 Å². The molecular formula is C46H63N5O6. The number of likely N-dealkylation sites (N-methyl/N-ethyl adjacent to an activating group) is 2. The van der Waals surface area contributed by atoms with Gasteiger partial charge >= 0.3 is 11.9 Å². The van der Waals surface area contributed by atoms with E-state index in [1.54, 1.807) is 62.6 Å². The van der Waals surface area contributed by atoms with Gasteiger partial charge in [0.1, 0.15) is 0 Å². The number of esters is 2. The Labute approximate surface area is 340 Å². The van der Waals surface area contributed by atoms with Gasteiger partial charge in [-0.25, -0.2) is 9.59 Å². The number of aromatic nitrogens is 3. The molecule has 3 heterocycles. The Morgan fingerprint density at radius 3 is 2.07 bits per heavy atom. The number of fused-ring (bicyclic) bond motifs is 1. The Kier molecular flexibility index (Phi) is 16.4. The second-order valence-corrected chi connectivity index (χ2v) is 15.7. The van der Waals surface area contributed by atoms with E-state index in [4.69, 9.17) is 9.47 Å². The van der Waals surface area contributed by atoms with Gasteiger partial charge in [0.2, 0.25) is 5.91 Å². The molecule has 1 unspecified atom stereocenters. The van der Waals surface area contributed by atoms with Crippen molar-refractivity contribution in [1.82, 2.24) is 24.8 Å². The average molecular weight is 782 g/mol. The van der Waals surface area contributed by atoms with Gasteiger partial charge in [-0.2, -0.15) is 0 Å². The van der Waals surface area contributed by atoms with Crippen molar-refractivity contribution >= 4 is 29.2 Å². The first-order chi connectivity index (χ1) is 26.9. The van der Waals surface area contributed by atoms with Crippen molar-refractivity contribution < 1.29 is 28.7 Å². The Morgan fingerprint density at radius 1 is 0.912 bits per heavy atom. The smallest absolute Gasteiger partial charge is 0.340 e. The number of amides is 1. The highest BCUT2D eigenvalue weighted by atomic mass is 16.5. The number of pyridine rings is 3. The highest BCUT2D eigenvalue weighted by molar-refractivity contribution is 6.10. The van der Waals surface area contributed by atoms with Crippen LogP contribution in [0.2, 0.25) is 0 Å². The molecule has 11 heteroatoms. The van der Waals surface area contributed by atoms with E-state index < -0.39 is 5.97 Å². The monoisotopic (exact) mass is 781 g/mol. The lowest BCUT2D eigenvalue weighted by molar-refractivity contribution is -0.139. The Morgan fingerprint density at radius 2 is 1.54 bits per heavy atom. The zero-order valence-corrected chi connectivity index (χ0v) is 36.4. The van der Waals surface area contributed by atoms with E-state index >= 15 is 0 Å². The van der Waals surface area contributed by atoms with Crippen molar-refractivity contribution in [2.24, 2.45) is 5.41 Å². The minimum atomic E-state index is -0.452. The topological polar surface area (TPSA) is 132 Å². The highest BCUT2D eigenvalue weighted by Crippen LogP contribution is 2.40. The van der Waals surface area contributed by atoms with Crippen molar-refractivity contribution in [3.63, 3.8) is 0 Å². The molecule has 0 saturated heterocycles. The zero-order valence-electron chi connectivity index (χ0n) is 36.4. The predicted molar refractivity (Wildman–Crippen MR) is 225 cm³/mol. The molecule has 0 aromatic carbocycles. The van der Waals surface area contributed by atoms with Gasteiger partial charge in [0.05, 0.1) is 41.8 Å². The molecule has 1 atom stereocenters. The standard InChI is InChI=1S/C26H41N3O3.C20H22N2O3/c1-10-21(17-23(30)29(9)26(6,7)12-3)28(8)19(5)24(25(31)32-13-4)22(11-2)20-15-14-16-27-18-20;1-5-25-19(24)16-12(2)22-14-9-20(3,4)10-15(23)18(14)17(16)13-7-6-8-21-11-13/h14-19H,10-13H2,1-9H3;6-8,11H,5,9-10H2,1-4H3/b21-17+,24-22-;. The normalized spacial score (nSPS) is 14.6.